The number of rotatable bonds is 3. The maximum Gasteiger partial charge on any atom is 0.308 e. The van der Waals surface area contributed by atoms with Crippen LogP contribution in [0.5, 0.6) is 11.5 Å². The second-order valence-corrected chi connectivity index (χ2v) is 6.26. The van der Waals surface area contributed by atoms with Crippen LogP contribution in [-0.4, -0.2) is 29.8 Å². The van der Waals surface area contributed by atoms with Gasteiger partial charge >= 0.3 is 5.97 Å². The molecule has 124 valence electrons. The maximum atomic E-state index is 12.5. The van der Waals surface area contributed by atoms with Crippen LogP contribution in [-0.2, 0) is 4.79 Å². The van der Waals surface area contributed by atoms with E-state index in [2.05, 4.69) is 5.32 Å². The molecule has 2 aliphatic rings. The van der Waals surface area contributed by atoms with Gasteiger partial charge in [0.25, 0.3) is 5.91 Å². The molecule has 1 aliphatic heterocycles. The molecule has 1 heterocycles. The number of hydrogen-bond acceptors (Lipinski definition) is 4. The number of carbonyl (C=O) groups excluding carboxylic acids is 1. The van der Waals surface area contributed by atoms with Gasteiger partial charge < -0.3 is 19.9 Å². The maximum absolute atomic E-state index is 12.5. The highest BCUT2D eigenvalue weighted by Gasteiger charge is 2.31. The van der Waals surface area contributed by atoms with Crippen LogP contribution in [0.15, 0.2) is 12.1 Å². The first-order valence-electron chi connectivity index (χ1n) is 7.69. The number of ether oxygens (including phenoxy) is 2. The molecule has 2 N–H and O–H groups in total. The van der Waals surface area contributed by atoms with Gasteiger partial charge in [-0.05, 0) is 25.0 Å². The molecule has 7 heteroatoms. The third-order valence-electron chi connectivity index (χ3n) is 4.34. The van der Waals surface area contributed by atoms with Crippen molar-refractivity contribution in [2.75, 3.05) is 6.79 Å². The zero-order valence-electron chi connectivity index (χ0n) is 12.5. The Labute approximate surface area is 138 Å². The van der Waals surface area contributed by atoms with E-state index in [0.29, 0.717) is 34.9 Å². The molecule has 1 amide bonds. The van der Waals surface area contributed by atoms with E-state index in [0.717, 1.165) is 19.3 Å². The second-order valence-electron chi connectivity index (χ2n) is 5.85. The number of benzene rings is 1. The van der Waals surface area contributed by atoms with Gasteiger partial charge in [-0.25, -0.2) is 0 Å². The minimum atomic E-state index is -0.860. The van der Waals surface area contributed by atoms with Crippen molar-refractivity contribution in [2.45, 2.75) is 38.1 Å². The number of carboxylic acid groups (broad SMARTS) is 1. The number of halogens is 1. The average molecular weight is 340 g/mol. The van der Waals surface area contributed by atoms with Crippen LogP contribution < -0.4 is 14.8 Å². The third kappa shape index (κ3) is 3.37. The summed E-state index contributed by atoms with van der Waals surface area (Å²) in [5.41, 5.74) is 0.340. The Balaban J connectivity index is 1.77. The summed E-state index contributed by atoms with van der Waals surface area (Å²) >= 11 is 6.09. The molecule has 0 unspecified atom stereocenters. The van der Waals surface area contributed by atoms with Crippen LogP contribution >= 0.6 is 11.6 Å². The van der Waals surface area contributed by atoms with E-state index in [9.17, 15) is 14.7 Å². The van der Waals surface area contributed by atoms with Crippen molar-refractivity contribution in [1.82, 2.24) is 5.32 Å². The van der Waals surface area contributed by atoms with E-state index in [-0.39, 0.29) is 18.7 Å². The first-order valence-corrected chi connectivity index (χ1v) is 8.07. The summed E-state index contributed by atoms with van der Waals surface area (Å²) in [6.45, 7) is 0.0733. The van der Waals surface area contributed by atoms with Crippen LogP contribution in [0.1, 0.15) is 42.5 Å². The number of carboxylic acids is 1. The lowest BCUT2D eigenvalue weighted by atomic mass is 9.94. The van der Waals surface area contributed by atoms with Gasteiger partial charge in [0, 0.05) is 11.6 Å². The predicted octanol–water partition coefficient (Wildman–Crippen LogP) is 2.83. The van der Waals surface area contributed by atoms with Crippen LogP contribution in [0.3, 0.4) is 0 Å². The second kappa shape index (κ2) is 6.66. The van der Waals surface area contributed by atoms with Crippen molar-refractivity contribution in [3.8, 4) is 11.5 Å². The zero-order valence-corrected chi connectivity index (χ0v) is 13.3. The molecule has 1 fully saturated rings. The van der Waals surface area contributed by atoms with E-state index in [1.165, 1.54) is 6.07 Å². The first kappa shape index (κ1) is 15.9. The number of amides is 1. The molecule has 0 aromatic heterocycles. The molecule has 1 aromatic carbocycles. The average Bonchev–Trinajstić information content (AvgIpc) is 2.86. The van der Waals surface area contributed by atoms with E-state index in [1.54, 1.807) is 6.07 Å². The highest BCUT2D eigenvalue weighted by molar-refractivity contribution is 6.32. The molecule has 0 bridgehead atoms. The number of fused-ring (bicyclic) bond motifs is 1. The molecule has 0 radical (unpaired) electrons. The molecule has 0 saturated heterocycles. The molecule has 23 heavy (non-hydrogen) atoms. The van der Waals surface area contributed by atoms with Gasteiger partial charge in [0.05, 0.1) is 10.9 Å². The summed E-state index contributed by atoms with van der Waals surface area (Å²) in [6.07, 6.45) is 4.03. The molecule has 1 aromatic rings. The first-order chi connectivity index (χ1) is 11.1. The van der Waals surface area contributed by atoms with E-state index in [4.69, 9.17) is 21.1 Å². The Kier molecular flexibility index (Phi) is 4.61. The minimum Gasteiger partial charge on any atom is -0.481 e. The van der Waals surface area contributed by atoms with Crippen LogP contribution in [0, 0.1) is 5.92 Å². The summed E-state index contributed by atoms with van der Waals surface area (Å²) in [5.74, 6) is -0.894. The predicted molar refractivity (Wildman–Crippen MR) is 83.0 cm³/mol. The van der Waals surface area contributed by atoms with Gasteiger partial charge in [0.1, 0.15) is 0 Å². The summed E-state index contributed by atoms with van der Waals surface area (Å²) in [5, 5.41) is 12.5. The quantitative estimate of drug-likeness (QED) is 0.827. The molecular weight excluding hydrogens is 322 g/mol. The van der Waals surface area contributed by atoms with Crippen LogP contribution in [0.4, 0.5) is 0 Å². The highest BCUT2D eigenvalue weighted by Crippen LogP contribution is 2.39. The van der Waals surface area contributed by atoms with Gasteiger partial charge in [-0.1, -0.05) is 30.9 Å². The van der Waals surface area contributed by atoms with Crippen molar-refractivity contribution in [3.05, 3.63) is 22.7 Å². The Morgan fingerprint density at radius 3 is 2.74 bits per heavy atom. The van der Waals surface area contributed by atoms with Crippen molar-refractivity contribution in [3.63, 3.8) is 0 Å². The van der Waals surface area contributed by atoms with Crippen molar-refractivity contribution >= 4 is 23.5 Å². The van der Waals surface area contributed by atoms with Gasteiger partial charge in [0.2, 0.25) is 6.79 Å². The largest absolute Gasteiger partial charge is 0.481 e. The smallest absolute Gasteiger partial charge is 0.308 e. The van der Waals surface area contributed by atoms with Gasteiger partial charge in [-0.2, -0.15) is 0 Å². The number of hydrogen-bond donors (Lipinski definition) is 2. The fourth-order valence-electron chi connectivity index (χ4n) is 3.13. The zero-order chi connectivity index (χ0) is 16.4. The Morgan fingerprint density at radius 2 is 1.96 bits per heavy atom. The lowest BCUT2D eigenvalue weighted by molar-refractivity contribution is -0.142. The minimum absolute atomic E-state index is 0.0733. The lowest BCUT2D eigenvalue weighted by Crippen LogP contribution is -2.42. The normalized spacial score (nSPS) is 23.2. The summed E-state index contributed by atoms with van der Waals surface area (Å²) < 4.78 is 10.5. The Morgan fingerprint density at radius 1 is 1.17 bits per heavy atom. The molecule has 6 nitrogen and oxygen atoms in total. The van der Waals surface area contributed by atoms with E-state index >= 15 is 0 Å². The number of nitrogens with one attached hydrogen (secondary N) is 1. The molecule has 1 saturated carbocycles. The van der Waals surface area contributed by atoms with Crippen LogP contribution in [0.25, 0.3) is 0 Å². The topological polar surface area (TPSA) is 84.9 Å². The SMILES string of the molecule is O=C(N[C@H]1CCCCC[C@H]1C(=O)O)c1cc(Cl)c2c(c1)OCO2. The van der Waals surface area contributed by atoms with Crippen molar-refractivity contribution in [2.24, 2.45) is 5.92 Å². The summed E-state index contributed by atoms with van der Waals surface area (Å²) in [4.78, 5) is 23.9. The molecular formula is C16H18ClNO5. The van der Waals surface area contributed by atoms with Gasteiger partial charge in [0.15, 0.2) is 11.5 Å². The molecule has 3 rings (SSSR count). The molecule has 1 aliphatic carbocycles. The molecule has 2 atom stereocenters. The number of carbonyl (C=O) groups is 2. The Bertz CT molecular complexity index is 633. The Hall–Kier alpha value is -1.95. The standard InChI is InChI=1S/C16H18ClNO5/c17-11-6-9(7-13-14(11)23-8-22-13)15(19)18-12-5-3-1-2-4-10(12)16(20)21/h6-7,10,12H,1-5,8H2,(H,18,19)(H,20,21)/t10-,12+/m1/s1. The summed E-state index contributed by atoms with van der Waals surface area (Å²) in [6, 6.07) is 2.71. The van der Waals surface area contributed by atoms with Gasteiger partial charge in [-0.3, -0.25) is 9.59 Å². The monoisotopic (exact) mass is 339 g/mol. The van der Waals surface area contributed by atoms with E-state index < -0.39 is 11.9 Å². The molecule has 0 spiro atoms. The summed E-state index contributed by atoms with van der Waals surface area (Å²) in [7, 11) is 0. The van der Waals surface area contributed by atoms with Crippen molar-refractivity contribution < 1.29 is 24.2 Å². The van der Waals surface area contributed by atoms with Gasteiger partial charge in [-0.15, -0.1) is 0 Å². The third-order valence-corrected chi connectivity index (χ3v) is 4.62. The van der Waals surface area contributed by atoms with E-state index in [1.807, 2.05) is 0 Å². The van der Waals surface area contributed by atoms with Crippen LogP contribution in [0.2, 0.25) is 5.02 Å². The fourth-order valence-corrected chi connectivity index (χ4v) is 3.39. The fraction of sp³-hybridized carbons (Fsp3) is 0.500. The number of aliphatic carboxylic acids is 1. The lowest BCUT2D eigenvalue weighted by Gasteiger charge is -2.23. The highest BCUT2D eigenvalue weighted by atomic mass is 35.5. The van der Waals surface area contributed by atoms with Crippen molar-refractivity contribution in [1.29, 1.82) is 0 Å².